The molecule has 0 radical (unpaired) electrons. The lowest BCUT2D eigenvalue weighted by Gasteiger charge is -2.23. The van der Waals surface area contributed by atoms with Gasteiger partial charge in [0, 0.05) is 23.2 Å². The maximum atomic E-state index is 13.4. The molecule has 3 aromatic carbocycles. The number of rotatable bonds is 5. The summed E-state index contributed by atoms with van der Waals surface area (Å²) >= 11 is 0. The highest BCUT2D eigenvalue weighted by atomic mass is 16.2. The second kappa shape index (κ2) is 8.60. The number of hydrogen-bond acceptors (Lipinski definition) is 2. The van der Waals surface area contributed by atoms with E-state index in [0.29, 0.717) is 17.7 Å². The lowest BCUT2D eigenvalue weighted by molar-refractivity contribution is 0.0729. The van der Waals surface area contributed by atoms with Crippen LogP contribution >= 0.6 is 0 Å². The second-order valence-corrected chi connectivity index (χ2v) is 8.16. The monoisotopic (exact) mass is 410 g/mol. The first-order valence-corrected chi connectivity index (χ1v) is 10.4. The third kappa shape index (κ3) is 4.58. The molecule has 31 heavy (non-hydrogen) atoms. The Morgan fingerprint density at radius 3 is 2.23 bits per heavy atom. The topological polar surface area (TPSA) is 53.2 Å². The Balaban J connectivity index is 1.72. The van der Waals surface area contributed by atoms with Gasteiger partial charge in [-0.3, -0.25) is 9.59 Å². The van der Waals surface area contributed by atoms with Crippen LogP contribution in [-0.2, 0) is 13.1 Å². The summed E-state index contributed by atoms with van der Waals surface area (Å²) in [5.74, 6) is -0.0940. The zero-order valence-corrected chi connectivity index (χ0v) is 18.1. The molecule has 0 spiro atoms. The summed E-state index contributed by atoms with van der Waals surface area (Å²) in [5, 5.41) is 0.972. The molecule has 0 fully saturated rings. The number of aryl methyl sites for hydroxylation is 3. The first-order valence-electron chi connectivity index (χ1n) is 10.4. The van der Waals surface area contributed by atoms with Crippen molar-refractivity contribution in [2.24, 2.45) is 0 Å². The lowest BCUT2D eigenvalue weighted by Crippen LogP contribution is -2.32. The van der Waals surface area contributed by atoms with Crippen molar-refractivity contribution >= 4 is 16.8 Å². The third-order valence-electron chi connectivity index (χ3n) is 5.70. The van der Waals surface area contributed by atoms with E-state index in [1.165, 1.54) is 5.56 Å². The zero-order valence-electron chi connectivity index (χ0n) is 18.1. The number of carbonyl (C=O) groups is 1. The standard InChI is InChI=1S/C27H26N2O2/c1-18-9-11-22(12-10-18)27(31)29(16-21-7-5-4-6-8-21)17-24-15-23-13-19(2)20(3)14-25(23)28-26(24)30/h4-15H,16-17H2,1-3H3,(H,28,30). The van der Waals surface area contributed by atoms with Crippen molar-refractivity contribution in [2.45, 2.75) is 33.9 Å². The van der Waals surface area contributed by atoms with E-state index >= 15 is 0 Å². The molecular weight excluding hydrogens is 384 g/mol. The first-order chi connectivity index (χ1) is 14.9. The maximum Gasteiger partial charge on any atom is 0.254 e. The number of H-pyrrole nitrogens is 1. The van der Waals surface area contributed by atoms with Gasteiger partial charge in [-0.2, -0.15) is 0 Å². The van der Waals surface area contributed by atoms with Crippen molar-refractivity contribution in [1.82, 2.24) is 9.88 Å². The predicted molar refractivity (Wildman–Crippen MR) is 125 cm³/mol. The molecule has 0 saturated heterocycles. The highest BCUT2D eigenvalue weighted by molar-refractivity contribution is 5.94. The van der Waals surface area contributed by atoms with Gasteiger partial charge in [0.1, 0.15) is 0 Å². The van der Waals surface area contributed by atoms with E-state index in [2.05, 4.69) is 18.0 Å². The van der Waals surface area contributed by atoms with Crippen LogP contribution in [0, 0.1) is 20.8 Å². The molecule has 4 rings (SSSR count). The normalized spacial score (nSPS) is 10.9. The van der Waals surface area contributed by atoms with Gasteiger partial charge in [-0.15, -0.1) is 0 Å². The fraction of sp³-hybridized carbons (Fsp3) is 0.185. The Labute approximate surface area is 182 Å². The van der Waals surface area contributed by atoms with Crippen LogP contribution in [0.25, 0.3) is 10.9 Å². The molecule has 1 aromatic heterocycles. The number of hydrogen-bond donors (Lipinski definition) is 1. The number of benzene rings is 3. The molecule has 4 heteroatoms. The Kier molecular flexibility index (Phi) is 5.72. The van der Waals surface area contributed by atoms with Crippen molar-refractivity contribution in [2.75, 3.05) is 0 Å². The van der Waals surface area contributed by atoms with Gasteiger partial charge in [0.25, 0.3) is 11.5 Å². The molecule has 0 aliphatic heterocycles. The predicted octanol–water partition coefficient (Wildman–Crippen LogP) is 5.30. The molecule has 0 saturated carbocycles. The largest absolute Gasteiger partial charge is 0.330 e. The van der Waals surface area contributed by atoms with Crippen LogP contribution in [0.2, 0.25) is 0 Å². The van der Waals surface area contributed by atoms with Crippen LogP contribution in [-0.4, -0.2) is 15.8 Å². The zero-order chi connectivity index (χ0) is 22.0. The van der Waals surface area contributed by atoms with Gasteiger partial charge in [0.15, 0.2) is 0 Å². The summed E-state index contributed by atoms with van der Waals surface area (Å²) in [6.45, 7) is 6.75. The van der Waals surface area contributed by atoms with Crippen LogP contribution < -0.4 is 5.56 Å². The van der Waals surface area contributed by atoms with E-state index in [9.17, 15) is 9.59 Å². The van der Waals surface area contributed by atoms with Gasteiger partial charge in [-0.25, -0.2) is 0 Å². The molecule has 4 nitrogen and oxygen atoms in total. The molecule has 0 bridgehead atoms. The minimum absolute atomic E-state index is 0.0940. The van der Waals surface area contributed by atoms with Gasteiger partial charge < -0.3 is 9.88 Å². The number of carbonyl (C=O) groups excluding carboxylic acids is 1. The van der Waals surface area contributed by atoms with Gasteiger partial charge in [0.05, 0.1) is 6.54 Å². The number of fused-ring (bicyclic) bond motifs is 1. The van der Waals surface area contributed by atoms with Crippen LogP contribution in [0.4, 0.5) is 0 Å². The SMILES string of the molecule is Cc1ccc(C(=O)N(Cc2ccccc2)Cc2cc3cc(C)c(C)cc3[nH]c2=O)cc1. The van der Waals surface area contributed by atoms with E-state index in [1.807, 2.05) is 80.6 Å². The van der Waals surface area contributed by atoms with Crippen molar-refractivity contribution in [3.8, 4) is 0 Å². The maximum absolute atomic E-state index is 13.4. The highest BCUT2D eigenvalue weighted by Crippen LogP contribution is 2.19. The van der Waals surface area contributed by atoms with Gasteiger partial charge in [-0.1, -0.05) is 48.0 Å². The Morgan fingerprint density at radius 2 is 1.52 bits per heavy atom. The Hall–Kier alpha value is -3.66. The minimum Gasteiger partial charge on any atom is -0.330 e. The molecule has 1 N–H and O–H groups in total. The lowest BCUT2D eigenvalue weighted by atomic mass is 10.0. The molecule has 1 heterocycles. The molecule has 4 aromatic rings. The first kappa shape index (κ1) is 20.6. The van der Waals surface area contributed by atoms with Crippen molar-refractivity contribution < 1.29 is 4.79 Å². The van der Waals surface area contributed by atoms with Crippen LogP contribution in [0.5, 0.6) is 0 Å². The summed E-state index contributed by atoms with van der Waals surface area (Å²) in [4.78, 5) is 30.9. The number of amides is 1. The third-order valence-corrected chi connectivity index (χ3v) is 5.70. The number of aromatic amines is 1. The fourth-order valence-corrected chi connectivity index (χ4v) is 3.73. The Bertz CT molecular complexity index is 1290. The van der Waals surface area contributed by atoms with E-state index in [4.69, 9.17) is 0 Å². The summed E-state index contributed by atoms with van der Waals surface area (Å²) < 4.78 is 0. The van der Waals surface area contributed by atoms with Crippen molar-refractivity contribution in [1.29, 1.82) is 0 Å². The molecule has 0 unspecified atom stereocenters. The van der Waals surface area contributed by atoms with E-state index in [1.54, 1.807) is 4.90 Å². The van der Waals surface area contributed by atoms with Crippen LogP contribution in [0.15, 0.2) is 77.6 Å². The van der Waals surface area contributed by atoms with Gasteiger partial charge >= 0.3 is 0 Å². The van der Waals surface area contributed by atoms with Crippen LogP contribution in [0.3, 0.4) is 0 Å². The summed E-state index contributed by atoms with van der Waals surface area (Å²) in [6.07, 6.45) is 0. The van der Waals surface area contributed by atoms with E-state index in [0.717, 1.165) is 27.6 Å². The summed E-state index contributed by atoms with van der Waals surface area (Å²) in [6, 6.07) is 23.4. The highest BCUT2D eigenvalue weighted by Gasteiger charge is 2.18. The van der Waals surface area contributed by atoms with Gasteiger partial charge in [0.2, 0.25) is 0 Å². The fourth-order valence-electron chi connectivity index (χ4n) is 3.73. The molecular formula is C27H26N2O2. The van der Waals surface area contributed by atoms with Crippen LogP contribution in [0.1, 0.15) is 38.2 Å². The number of nitrogens with zero attached hydrogens (tertiary/aromatic N) is 1. The van der Waals surface area contributed by atoms with Gasteiger partial charge in [-0.05, 0) is 73.2 Å². The number of pyridine rings is 1. The minimum atomic E-state index is -0.162. The second-order valence-electron chi connectivity index (χ2n) is 8.16. The summed E-state index contributed by atoms with van der Waals surface area (Å²) in [5.41, 5.74) is 6.27. The number of aromatic nitrogens is 1. The van der Waals surface area contributed by atoms with E-state index < -0.39 is 0 Å². The molecule has 0 aliphatic rings. The smallest absolute Gasteiger partial charge is 0.254 e. The number of nitrogens with one attached hydrogen (secondary N) is 1. The van der Waals surface area contributed by atoms with Crippen molar-refractivity contribution in [3.63, 3.8) is 0 Å². The summed E-state index contributed by atoms with van der Waals surface area (Å²) in [7, 11) is 0. The molecule has 1 amide bonds. The Morgan fingerprint density at radius 1 is 0.839 bits per heavy atom. The average molecular weight is 411 g/mol. The molecule has 0 aliphatic carbocycles. The molecule has 0 atom stereocenters. The van der Waals surface area contributed by atoms with E-state index in [-0.39, 0.29) is 18.0 Å². The average Bonchev–Trinajstić information content (AvgIpc) is 2.76. The quantitative estimate of drug-likeness (QED) is 0.486. The van der Waals surface area contributed by atoms with Crippen molar-refractivity contribution in [3.05, 3.63) is 117 Å². The molecule has 156 valence electrons.